The van der Waals surface area contributed by atoms with E-state index < -0.39 is 63.8 Å². The van der Waals surface area contributed by atoms with E-state index in [0.29, 0.717) is 11.3 Å². The minimum Gasteiger partial charge on any atom is -0.510 e. The van der Waals surface area contributed by atoms with Gasteiger partial charge in [0.05, 0.1) is 17.3 Å². The molecular weight excluding hydrogens is 556 g/mol. The van der Waals surface area contributed by atoms with Gasteiger partial charge in [0.15, 0.2) is 23.1 Å². The lowest BCUT2D eigenvalue weighted by Crippen LogP contribution is -2.63. The number of primary amides is 1. The van der Waals surface area contributed by atoms with Crippen LogP contribution in [0.25, 0.3) is 0 Å². The molecule has 4 aliphatic rings. The van der Waals surface area contributed by atoms with E-state index in [0.717, 1.165) is 32.1 Å². The number of phenolic OH excluding ortho intramolecular Hbond substituents is 1. The summed E-state index contributed by atoms with van der Waals surface area (Å²) in [6, 6.07) is 0.730. The van der Waals surface area contributed by atoms with E-state index in [1.54, 1.807) is 39.2 Å². The number of ketones is 2. The van der Waals surface area contributed by atoms with Crippen molar-refractivity contribution in [2.45, 2.75) is 62.6 Å². The molecule has 4 unspecified atom stereocenters. The number of phenols is 1. The highest BCUT2D eigenvalue weighted by Crippen LogP contribution is 2.53. The molecule has 43 heavy (non-hydrogen) atoms. The van der Waals surface area contributed by atoms with Crippen LogP contribution in [-0.2, 0) is 16.0 Å². The molecule has 1 saturated carbocycles. The number of rotatable bonds is 5. The fraction of sp³-hybridized carbons (Fsp3) is 0.533. The van der Waals surface area contributed by atoms with Gasteiger partial charge in [0, 0.05) is 37.3 Å². The monoisotopic (exact) mass is 596 g/mol. The van der Waals surface area contributed by atoms with E-state index in [1.807, 2.05) is 0 Å². The normalized spacial score (nSPS) is 27.4. The minimum atomic E-state index is -2.70. The van der Waals surface area contributed by atoms with Gasteiger partial charge in [-0.25, -0.2) is 0 Å². The number of carbonyl (C=O) groups excluding carboxylic acids is 3. The summed E-state index contributed by atoms with van der Waals surface area (Å²) >= 11 is 0. The predicted octanol–water partition coefficient (Wildman–Crippen LogP) is 1.46. The predicted molar refractivity (Wildman–Crippen MR) is 159 cm³/mol. The van der Waals surface area contributed by atoms with Crippen LogP contribution in [0.4, 0.5) is 11.4 Å². The van der Waals surface area contributed by atoms with Crippen LogP contribution in [0, 0.1) is 17.2 Å². The molecule has 0 heterocycles. The number of nitrogens with one attached hydrogen (secondary N) is 3. The number of nitrogens with two attached hydrogens (primary N) is 1. The Morgan fingerprint density at radius 1 is 1.09 bits per heavy atom. The second-order valence-corrected chi connectivity index (χ2v) is 12.5. The molecule has 13 heteroatoms. The number of benzene rings is 1. The topological polar surface area (TPSA) is 213 Å². The molecule has 13 nitrogen and oxygen atoms in total. The number of anilines is 2. The lowest BCUT2D eigenvalue weighted by Gasteiger charge is -2.50. The fourth-order valence-electron chi connectivity index (χ4n) is 7.41. The van der Waals surface area contributed by atoms with E-state index in [-0.39, 0.29) is 41.7 Å². The van der Waals surface area contributed by atoms with E-state index in [9.17, 15) is 34.8 Å². The number of aliphatic hydroxyl groups is 3. The number of Topliss-reactive ketones (excluding diaryl/α,β-unsaturated/α-hetero) is 2. The van der Waals surface area contributed by atoms with Crippen molar-refractivity contribution in [1.29, 1.82) is 5.41 Å². The maximum Gasteiger partial charge on any atom is 0.255 e. The first kappa shape index (κ1) is 30.4. The van der Waals surface area contributed by atoms with Crippen molar-refractivity contribution in [3.63, 3.8) is 0 Å². The van der Waals surface area contributed by atoms with Crippen LogP contribution in [0.15, 0.2) is 28.7 Å². The lowest BCUT2D eigenvalue weighted by atomic mass is 9.58. The maximum absolute atomic E-state index is 14.2. The number of fused-ring (bicyclic) bond motifs is 3. The number of nitrogens with zero attached hydrogens (tertiary/aromatic N) is 2. The zero-order chi connectivity index (χ0) is 31.5. The van der Waals surface area contributed by atoms with Crippen molar-refractivity contribution in [3.8, 4) is 5.75 Å². The molecule has 5 rings (SSSR count). The molecule has 1 aromatic rings. The highest BCUT2D eigenvalue weighted by Gasteiger charge is 2.63. The van der Waals surface area contributed by atoms with Crippen LogP contribution < -0.4 is 21.3 Å². The number of allylic oxidation sites excluding steroid dienone is 1. The van der Waals surface area contributed by atoms with E-state index in [1.165, 1.54) is 4.90 Å². The number of amides is 1. The molecule has 0 aliphatic heterocycles. The number of aliphatic hydroxyl groups excluding tert-OH is 2. The molecule has 0 spiro atoms. The van der Waals surface area contributed by atoms with Gasteiger partial charge in [-0.3, -0.25) is 24.7 Å². The van der Waals surface area contributed by atoms with Gasteiger partial charge < -0.3 is 41.7 Å². The van der Waals surface area contributed by atoms with Crippen LogP contribution in [0.1, 0.15) is 54.4 Å². The average Bonchev–Trinajstić information content (AvgIpc) is 2.92. The third-order valence-corrected chi connectivity index (χ3v) is 9.39. The molecule has 4 aliphatic carbocycles. The van der Waals surface area contributed by atoms with Crippen molar-refractivity contribution in [2.24, 2.45) is 17.6 Å². The number of likely N-dealkylation sites (N-methyl/N-ethyl adjacent to an activating group) is 1. The molecule has 4 atom stereocenters. The van der Waals surface area contributed by atoms with Gasteiger partial charge >= 0.3 is 0 Å². The molecule has 232 valence electrons. The van der Waals surface area contributed by atoms with Gasteiger partial charge in [0.25, 0.3) is 5.91 Å². The fourth-order valence-corrected chi connectivity index (χ4v) is 7.41. The Hall–Kier alpha value is -4.10. The lowest BCUT2D eigenvalue weighted by molar-refractivity contribution is -0.148. The standard InChI is InChI=1S/C30H40N6O7/c1-35(2)18-12-17(34-29(32)33-14-8-6-5-7-9-14)23(37)20-15(18)10-13-11-16-22(36(3)4)25(39)21(28(31)42)27(41)30(16,43)26(40)19(13)24(20)38/h12-14,16,22,37,39-40,43H,5-11H2,1-4H3,(H2,31,42)(H3,32,33,34). The number of guanidine groups is 1. The van der Waals surface area contributed by atoms with Gasteiger partial charge in [-0.1, -0.05) is 19.3 Å². The summed E-state index contributed by atoms with van der Waals surface area (Å²) in [6.07, 6.45) is 5.32. The summed E-state index contributed by atoms with van der Waals surface area (Å²) in [6.45, 7) is 0. The first-order valence-corrected chi connectivity index (χ1v) is 14.5. The quantitative estimate of drug-likeness (QED) is 0.105. The summed E-state index contributed by atoms with van der Waals surface area (Å²) in [4.78, 5) is 43.1. The molecule has 0 aromatic heterocycles. The molecule has 0 radical (unpaired) electrons. The minimum absolute atomic E-state index is 0.00927. The van der Waals surface area contributed by atoms with Gasteiger partial charge in [-0.2, -0.15) is 0 Å². The zero-order valence-corrected chi connectivity index (χ0v) is 24.8. The Balaban J connectivity index is 1.60. The molecule has 1 fully saturated rings. The van der Waals surface area contributed by atoms with Crippen molar-refractivity contribution < 1.29 is 34.8 Å². The SMILES string of the molecule is CN(C)c1cc(NC(=N)NC2CCCCC2)c(O)c2c1CC1CC3C(N(C)C)C(O)=C(C(N)=O)C(=O)C3(O)C(O)=C1C2=O. The summed E-state index contributed by atoms with van der Waals surface area (Å²) in [5.74, 6) is -7.07. The Labute approximate surface area is 249 Å². The average molecular weight is 597 g/mol. The second-order valence-electron chi connectivity index (χ2n) is 12.5. The maximum atomic E-state index is 14.2. The van der Waals surface area contributed by atoms with Crippen LogP contribution >= 0.6 is 0 Å². The van der Waals surface area contributed by atoms with Crippen LogP contribution in [0.5, 0.6) is 5.75 Å². The molecule has 1 aromatic carbocycles. The number of hydrogen-bond donors (Lipinski definition) is 8. The summed E-state index contributed by atoms with van der Waals surface area (Å²) in [5, 5.41) is 60.1. The van der Waals surface area contributed by atoms with E-state index >= 15 is 0 Å². The van der Waals surface area contributed by atoms with Gasteiger partial charge in [-0.15, -0.1) is 0 Å². The Kier molecular flexibility index (Phi) is 7.68. The zero-order valence-electron chi connectivity index (χ0n) is 24.8. The summed E-state index contributed by atoms with van der Waals surface area (Å²) < 4.78 is 0. The number of aromatic hydroxyl groups is 1. The second kappa shape index (κ2) is 10.9. The van der Waals surface area contributed by atoms with Crippen LogP contribution in [0.2, 0.25) is 0 Å². The molecular formula is C30H40N6O7. The first-order chi connectivity index (χ1) is 20.2. The van der Waals surface area contributed by atoms with Gasteiger partial charge in [0.1, 0.15) is 17.1 Å². The van der Waals surface area contributed by atoms with Crippen molar-refractivity contribution in [1.82, 2.24) is 10.2 Å². The number of carbonyl (C=O) groups is 3. The Bertz CT molecular complexity index is 1480. The van der Waals surface area contributed by atoms with Crippen LogP contribution in [-0.4, -0.2) is 94.6 Å². The first-order valence-electron chi connectivity index (χ1n) is 14.5. The van der Waals surface area contributed by atoms with Gasteiger partial charge in [-0.05, 0) is 57.3 Å². The Morgan fingerprint density at radius 3 is 2.33 bits per heavy atom. The van der Waals surface area contributed by atoms with Crippen molar-refractivity contribution >= 4 is 34.8 Å². The van der Waals surface area contributed by atoms with Crippen LogP contribution in [0.3, 0.4) is 0 Å². The smallest absolute Gasteiger partial charge is 0.255 e. The molecule has 0 bridgehead atoms. The van der Waals surface area contributed by atoms with E-state index in [2.05, 4.69) is 10.6 Å². The summed E-state index contributed by atoms with van der Waals surface area (Å²) in [5.41, 5.74) is 2.74. The largest absolute Gasteiger partial charge is 0.510 e. The van der Waals surface area contributed by atoms with Crippen molar-refractivity contribution in [3.05, 3.63) is 39.9 Å². The third kappa shape index (κ3) is 4.70. The third-order valence-electron chi connectivity index (χ3n) is 9.39. The molecule has 1 amide bonds. The molecule has 9 N–H and O–H groups in total. The highest BCUT2D eigenvalue weighted by atomic mass is 16.3. The summed E-state index contributed by atoms with van der Waals surface area (Å²) in [7, 11) is 6.74. The molecule has 0 saturated heterocycles. The van der Waals surface area contributed by atoms with Gasteiger partial charge in [0.2, 0.25) is 5.78 Å². The Morgan fingerprint density at radius 2 is 1.74 bits per heavy atom. The van der Waals surface area contributed by atoms with E-state index in [4.69, 9.17) is 11.1 Å². The highest BCUT2D eigenvalue weighted by molar-refractivity contribution is 6.25. The number of hydrogen-bond acceptors (Lipinski definition) is 10. The van der Waals surface area contributed by atoms with Crippen molar-refractivity contribution in [2.75, 3.05) is 38.4 Å².